The van der Waals surface area contributed by atoms with Crippen molar-refractivity contribution in [1.82, 2.24) is 18.3 Å². The third-order valence-corrected chi connectivity index (χ3v) is 7.60. The van der Waals surface area contributed by atoms with Crippen molar-refractivity contribution in [3.05, 3.63) is 52.2 Å². The van der Waals surface area contributed by atoms with Gasteiger partial charge < -0.3 is 24.8 Å². The van der Waals surface area contributed by atoms with E-state index in [9.17, 15) is 20.6 Å². The fourth-order valence-corrected chi connectivity index (χ4v) is 5.92. The first-order valence-electron chi connectivity index (χ1n) is 10.7. The summed E-state index contributed by atoms with van der Waals surface area (Å²) in [6.45, 7) is 1.87. The Hall–Kier alpha value is -3.43. The Morgan fingerprint density at radius 3 is 2.74 bits per heavy atom. The molecule has 1 aromatic carbocycles. The Bertz CT molecular complexity index is 1530. The molecular weight excluding hydrogens is 494 g/mol. The number of nitriles is 1. The van der Waals surface area contributed by atoms with Gasteiger partial charge in [-0.2, -0.15) is 14.0 Å². The molecule has 12 heteroatoms. The van der Waals surface area contributed by atoms with Gasteiger partial charge in [-0.05, 0) is 25.1 Å². The third kappa shape index (κ3) is 2.98. The van der Waals surface area contributed by atoms with Gasteiger partial charge in [-0.1, -0.05) is 11.6 Å². The quantitative estimate of drug-likeness (QED) is 0.366. The van der Waals surface area contributed by atoms with Gasteiger partial charge in [-0.25, -0.2) is 9.55 Å². The topological polar surface area (TPSA) is 147 Å². The zero-order valence-corrected chi connectivity index (χ0v) is 19.8. The maximum Gasteiger partial charge on any atom is 0.213 e. The number of aliphatic hydroxyl groups excluding tert-OH is 1. The molecule has 0 radical (unpaired) electrons. The summed E-state index contributed by atoms with van der Waals surface area (Å²) < 4.78 is 21.8. The summed E-state index contributed by atoms with van der Waals surface area (Å²) in [5.41, 5.74) is -0.139. The van der Waals surface area contributed by atoms with Gasteiger partial charge >= 0.3 is 0 Å². The number of pyridine rings is 1. The Morgan fingerprint density at radius 1 is 1.23 bits per heavy atom. The van der Waals surface area contributed by atoms with Crippen molar-refractivity contribution in [3.8, 4) is 29.4 Å². The smallest absolute Gasteiger partial charge is 0.213 e. The standard InChI is InChI=1S/C23H18ClN5O5S/c1-22-14(30)8-23(34-22,6-7-33-15-5-3-12(24)10-26-15)17-16(22)20(31)29(21(17)32)13-4-2-11(9-25)18-19(13)28-35-27-18/h2-5,10,14,30-32H,6-8H2,1H3/t14-,22?,23?/m0/s1. The molecule has 1 saturated heterocycles. The van der Waals surface area contributed by atoms with Gasteiger partial charge in [0.1, 0.15) is 28.3 Å². The minimum absolute atomic E-state index is 0.180. The second-order valence-corrected chi connectivity index (χ2v) is 9.74. The Kier molecular flexibility index (Phi) is 4.75. The second kappa shape index (κ2) is 7.53. The molecule has 0 amide bonds. The van der Waals surface area contributed by atoms with Gasteiger partial charge in [0, 0.05) is 25.1 Å². The molecule has 3 aromatic heterocycles. The number of aromatic hydroxyl groups is 2. The normalized spacial score (nSPS) is 24.6. The Labute approximate surface area is 207 Å². The van der Waals surface area contributed by atoms with Crippen LogP contribution in [-0.4, -0.2) is 46.3 Å². The molecule has 3 atom stereocenters. The van der Waals surface area contributed by atoms with Crippen LogP contribution in [-0.2, 0) is 15.9 Å². The highest BCUT2D eigenvalue weighted by Crippen LogP contribution is 2.65. The van der Waals surface area contributed by atoms with Gasteiger partial charge in [0.15, 0.2) is 0 Å². The number of aromatic nitrogens is 4. The molecule has 2 aliphatic rings. The highest BCUT2D eigenvalue weighted by atomic mass is 35.5. The van der Waals surface area contributed by atoms with E-state index in [0.29, 0.717) is 44.3 Å². The fourth-order valence-electron chi connectivity index (χ4n) is 5.24. The highest BCUT2D eigenvalue weighted by molar-refractivity contribution is 7.00. The van der Waals surface area contributed by atoms with E-state index >= 15 is 0 Å². The summed E-state index contributed by atoms with van der Waals surface area (Å²) >= 11 is 6.81. The molecule has 1 fully saturated rings. The number of benzene rings is 1. The molecule has 4 aromatic rings. The van der Waals surface area contributed by atoms with Crippen LogP contribution in [0.15, 0.2) is 30.5 Å². The minimum atomic E-state index is -1.23. The van der Waals surface area contributed by atoms with Crippen molar-refractivity contribution in [2.24, 2.45) is 0 Å². The highest BCUT2D eigenvalue weighted by Gasteiger charge is 2.66. The van der Waals surface area contributed by atoms with E-state index in [2.05, 4.69) is 19.8 Å². The maximum absolute atomic E-state index is 11.4. The predicted octanol–water partition coefficient (Wildman–Crippen LogP) is 3.49. The molecule has 0 spiro atoms. The largest absolute Gasteiger partial charge is 0.494 e. The van der Waals surface area contributed by atoms with E-state index in [-0.39, 0.29) is 31.2 Å². The van der Waals surface area contributed by atoms with E-state index < -0.39 is 17.3 Å². The zero-order valence-electron chi connectivity index (χ0n) is 18.3. The van der Waals surface area contributed by atoms with Crippen LogP contribution in [0, 0.1) is 11.3 Å². The number of aliphatic hydroxyl groups is 1. The average molecular weight is 512 g/mol. The van der Waals surface area contributed by atoms with Gasteiger partial charge in [0.05, 0.1) is 51.8 Å². The molecular formula is C23H18ClN5O5S. The summed E-state index contributed by atoms with van der Waals surface area (Å²) in [5, 5.41) is 43.5. The molecule has 0 aliphatic carbocycles. The van der Waals surface area contributed by atoms with Crippen molar-refractivity contribution in [3.63, 3.8) is 0 Å². The lowest BCUT2D eigenvalue weighted by Gasteiger charge is -2.26. The lowest BCUT2D eigenvalue weighted by molar-refractivity contribution is -0.107. The van der Waals surface area contributed by atoms with Crippen LogP contribution in [0.4, 0.5) is 0 Å². The van der Waals surface area contributed by atoms with Crippen LogP contribution < -0.4 is 4.74 Å². The average Bonchev–Trinajstić information content (AvgIpc) is 3.55. The van der Waals surface area contributed by atoms with Crippen LogP contribution in [0.25, 0.3) is 16.7 Å². The monoisotopic (exact) mass is 511 g/mol. The SMILES string of the molecule is CC12OC(CCOc3ccc(Cl)cn3)(C[C@@H]1O)c1c2c(O)n(-c2ccc(C#N)c3nsnc23)c1O. The van der Waals surface area contributed by atoms with Crippen molar-refractivity contribution in [2.45, 2.75) is 37.1 Å². The second-order valence-electron chi connectivity index (χ2n) is 8.77. The van der Waals surface area contributed by atoms with Crippen molar-refractivity contribution >= 4 is 34.4 Å². The van der Waals surface area contributed by atoms with Crippen LogP contribution in [0.1, 0.15) is 36.5 Å². The van der Waals surface area contributed by atoms with Crippen LogP contribution in [0.2, 0.25) is 5.02 Å². The predicted molar refractivity (Wildman–Crippen MR) is 125 cm³/mol. The fraction of sp³-hybridized carbons (Fsp3) is 0.304. The number of hydrogen-bond acceptors (Lipinski definition) is 10. The van der Waals surface area contributed by atoms with Gasteiger partial charge in [0.2, 0.25) is 17.6 Å². The van der Waals surface area contributed by atoms with Gasteiger partial charge in [-0.15, -0.1) is 0 Å². The molecule has 6 rings (SSSR count). The van der Waals surface area contributed by atoms with Crippen molar-refractivity contribution in [1.29, 1.82) is 5.26 Å². The first kappa shape index (κ1) is 22.1. The number of halogens is 1. The lowest BCUT2D eigenvalue weighted by Crippen LogP contribution is -2.33. The van der Waals surface area contributed by atoms with E-state index in [1.165, 1.54) is 10.8 Å². The summed E-state index contributed by atoms with van der Waals surface area (Å²) in [5.74, 6) is -0.109. The number of ether oxygens (including phenoxy) is 2. The van der Waals surface area contributed by atoms with Crippen LogP contribution >= 0.6 is 23.3 Å². The lowest BCUT2D eigenvalue weighted by atomic mass is 9.76. The number of hydrogen-bond donors (Lipinski definition) is 3. The van der Waals surface area contributed by atoms with Gasteiger partial charge in [-0.3, -0.25) is 0 Å². The van der Waals surface area contributed by atoms with E-state index in [1.54, 1.807) is 31.2 Å². The minimum Gasteiger partial charge on any atom is -0.494 e. The van der Waals surface area contributed by atoms with E-state index in [0.717, 1.165) is 11.7 Å². The molecule has 178 valence electrons. The van der Waals surface area contributed by atoms with Crippen LogP contribution in [0.3, 0.4) is 0 Å². The summed E-state index contributed by atoms with van der Waals surface area (Å²) in [4.78, 5) is 4.12. The first-order valence-corrected chi connectivity index (χ1v) is 11.9. The molecule has 2 unspecified atom stereocenters. The first-order chi connectivity index (χ1) is 16.8. The third-order valence-electron chi connectivity index (χ3n) is 6.85. The molecule has 0 saturated carbocycles. The van der Waals surface area contributed by atoms with Crippen molar-refractivity contribution in [2.75, 3.05) is 6.61 Å². The van der Waals surface area contributed by atoms with E-state index in [4.69, 9.17) is 21.1 Å². The van der Waals surface area contributed by atoms with Crippen molar-refractivity contribution < 1.29 is 24.8 Å². The number of fused-ring (bicyclic) bond motifs is 6. The molecule has 3 N–H and O–H groups in total. The molecule has 5 heterocycles. The number of nitrogens with zero attached hydrogens (tertiary/aromatic N) is 5. The molecule has 35 heavy (non-hydrogen) atoms. The van der Waals surface area contributed by atoms with E-state index in [1.807, 2.05) is 0 Å². The number of rotatable bonds is 5. The summed E-state index contributed by atoms with van der Waals surface area (Å²) in [6.07, 6.45) is 1.07. The van der Waals surface area contributed by atoms with Gasteiger partial charge in [0.25, 0.3) is 0 Å². The summed E-state index contributed by atoms with van der Waals surface area (Å²) in [6, 6.07) is 8.55. The molecule has 2 aliphatic heterocycles. The maximum atomic E-state index is 11.4. The molecule has 10 nitrogen and oxygen atoms in total. The Balaban J connectivity index is 1.44. The summed E-state index contributed by atoms with van der Waals surface area (Å²) in [7, 11) is 0. The molecule has 2 bridgehead atoms. The Morgan fingerprint density at radius 2 is 2.00 bits per heavy atom. The zero-order chi connectivity index (χ0) is 24.5. The van der Waals surface area contributed by atoms with Crippen LogP contribution in [0.5, 0.6) is 17.6 Å².